The van der Waals surface area contributed by atoms with Crippen LogP contribution in [0.2, 0.25) is 0 Å². The van der Waals surface area contributed by atoms with Crippen molar-refractivity contribution in [1.82, 2.24) is 14.9 Å². The summed E-state index contributed by atoms with van der Waals surface area (Å²) in [5, 5.41) is 9.93. The van der Waals surface area contributed by atoms with Gasteiger partial charge in [0.1, 0.15) is 5.52 Å². The van der Waals surface area contributed by atoms with Gasteiger partial charge in [0.15, 0.2) is 0 Å². The van der Waals surface area contributed by atoms with Gasteiger partial charge in [0.2, 0.25) is 0 Å². The van der Waals surface area contributed by atoms with Crippen LogP contribution in [0.3, 0.4) is 0 Å². The van der Waals surface area contributed by atoms with E-state index < -0.39 is 5.60 Å². The molecule has 2 aromatic carbocycles. The average molecular weight is 335 g/mol. The lowest BCUT2D eigenvalue weighted by Crippen LogP contribution is -2.22. The van der Waals surface area contributed by atoms with E-state index >= 15 is 0 Å². The van der Waals surface area contributed by atoms with Crippen LogP contribution in [0.5, 0.6) is 0 Å². The molecule has 1 aromatic heterocycles. The zero-order valence-corrected chi connectivity index (χ0v) is 14.8. The number of nitrogens with zero attached hydrogens (tertiary/aromatic N) is 3. The van der Waals surface area contributed by atoms with Crippen LogP contribution in [-0.4, -0.2) is 45.6 Å². The third-order valence-electron chi connectivity index (χ3n) is 3.83. The number of carbonyl (C=O) groups excluding carboxylic acids is 1. The molecule has 0 fully saturated rings. The molecule has 0 bridgehead atoms. The number of hydrogen-bond donors (Lipinski definition) is 1. The fourth-order valence-corrected chi connectivity index (χ4v) is 2.58. The third-order valence-corrected chi connectivity index (χ3v) is 3.83. The van der Waals surface area contributed by atoms with Crippen molar-refractivity contribution in [3.05, 3.63) is 53.6 Å². The zero-order chi connectivity index (χ0) is 18.2. The lowest BCUT2D eigenvalue weighted by Gasteiger charge is -2.13. The average Bonchev–Trinajstić information content (AvgIpc) is 2.56. The molecule has 0 saturated heterocycles. The molecule has 0 aliphatic heterocycles. The summed E-state index contributed by atoms with van der Waals surface area (Å²) in [6.07, 6.45) is 3.55. The highest BCUT2D eigenvalue weighted by molar-refractivity contribution is 6.06. The smallest absolute Gasteiger partial charge is 0.255 e. The SMILES string of the molecule is CN(C)C(=O)c1cccc2nc3cccc(/C=C/C(C)(C)O)c3nc12. The fraction of sp³-hybridized carbons (Fsp3) is 0.250. The minimum absolute atomic E-state index is 0.108. The molecule has 0 spiro atoms. The van der Waals surface area contributed by atoms with E-state index in [0.717, 1.165) is 11.1 Å². The van der Waals surface area contributed by atoms with Gasteiger partial charge >= 0.3 is 0 Å². The van der Waals surface area contributed by atoms with E-state index in [1.807, 2.05) is 36.4 Å². The van der Waals surface area contributed by atoms with Gasteiger partial charge in [-0.25, -0.2) is 9.97 Å². The second-order valence-corrected chi connectivity index (χ2v) is 6.80. The Morgan fingerprint density at radius 3 is 2.32 bits per heavy atom. The number of aromatic nitrogens is 2. The van der Waals surface area contributed by atoms with Crippen molar-refractivity contribution < 1.29 is 9.90 Å². The Hall–Kier alpha value is -2.79. The highest BCUT2D eigenvalue weighted by Gasteiger charge is 2.15. The molecule has 0 radical (unpaired) electrons. The highest BCUT2D eigenvalue weighted by atomic mass is 16.3. The Morgan fingerprint density at radius 1 is 1.04 bits per heavy atom. The van der Waals surface area contributed by atoms with E-state index in [4.69, 9.17) is 4.98 Å². The minimum atomic E-state index is -0.918. The number of fused-ring (bicyclic) bond motifs is 2. The molecule has 1 amide bonds. The predicted molar refractivity (Wildman–Crippen MR) is 100 cm³/mol. The van der Waals surface area contributed by atoms with Gasteiger partial charge in [0.25, 0.3) is 5.91 Å². The molecule has 1 N–H and O–H groups in total. The van der Waals surface area contributed by atoms with E-state index in [1.165, 1.54) is 4.90 Å². The molecule has 0 aliphatic carbocycles. The Bertz CT molecular complexity index is 985. The first-order valence-corrected chi connectivity index (χ1v) is 8.09. The van der Waals surface area contributed by atoms with Crippen molar-refractivity contribution in [3.8, 4) is 0 Å². The third kappa shape index (κ3) is 3.51. The summed E-state index contributed by atoms with van der Waals surface area (Å²) in [5.41, 5.74) is 3.17. The summed E-state index contributed by atoms with van der Waals surface area (Å²) in [6, 6.07) is 11.2. The molecule has 5 nitrogen and oxygen atoms in total. The van der Waals surface area contributed by atoms with Crippen LogP contribution in [0.15, 0.2) is 42.5 Å². The van der Waals surface area contributed by atoms with E-state index in [2.05, 4.69) is 4.98 Å². The molecule has 3 aromatic rings. The summed E-state index contributed by atoms with van der Waals surface area (Å²) in [7, 11) is 3.43. The van der Waals surface area contributed by atoms with Crippen LogP contribution in [0.1, 0.15) is 29.8 Å². The summed E-state index contributed by atoms with van der Waals surface area (Å²) in [6.45, 7) is 3.42. The Labute approximate surface area is 146 Å². The van der Waals surface area contributed by atoms with Crippen LogP contribution in [0.4, 0.5) is 0 Å². The molecule has 0 aliphatic rings. The second-order valence-electron chi connectivity index (χ2n) is 6.80. The van der Waals surface area contributed by atoms with Gasteiger partial charge in [-0.15, -0.1) is 0 Å². The lowest BCUT2D eigenvalue weighted by molar-refractivity contribution is 0.0829. The predicted octanol–water partition coefficient (Wildman–Crippen LogP) is 3.27. The van der Waals surface area contributed by atoms with E-state index in [1.54, 1.807) is 40.1 Å². The molecule has 0 atom stereocenters. The second kappa shape index (κ2) is 6.26. The Morgan fingerprint density at radius 2 is 1.68 bits per heavy atom. The molecule has 128 valence electrons. The van der Waals surface area contributed by atoms with Crippen LogP contribution in [0.25, 0.3) is 28.1 Å². The van der Waals surface area contributed by atoms with E-state index in [0.29, 0.717) is 22.1 Å². The number of carbonyl (C=O) groups is 1. The molecule has 25 heavy (non-hydrogen) atoms. The molecule has 0 saturated carbocycles. The zero-order valence-electron chi connectivity index (χ0n) is 14.8. The summed E-state index contributed by atoms with van der Waals surface area (Å²) < 4.78 is 0. The van der Waals surface area contributed by atoms with Crippen molar-refractivity contribution in [3.63, 3.8) is 0 Å². The first-order chi connectivity index (χ1) is 11.8. The molecular formula is C20H21N3O2. The van der Waals surface area contributed by atoms with Crippen molar-refractivity contribution in [1.29, 1.82) is 0 Å². The van der Waals surface area contributed by atoms with E-state index in [9.17, 15) is 9.90 Å². The molecular weight excluding hydrogens is 314 g/mol. The molecule has 5 heteroatoms. The Balaban J connectivity index is 2.27. The first kappa shape index (κ1) is 17.0. The van der Waals surface area contributed by atoms with Gasteiger partial charge in [0, 0.05) is 19.7 Å². The van der Waals surface area contributed by atoms with Crippen LogP contribution in [-0.2, 0) is 0 Å². The summed E-state index contributed by atoms with van der Waals surface area (Å²) >= 11 is 0. The summed E-state index contributed by atoms with van der Waals surface area (Å²) in [4.78, 5) is 23.4. The van der Waals surface area contributed by atoms with Crippen LogP contribution in [0, 0.1) is 0 Å². The monoisotopic (exact) mass is 335 g/mol. The maximum atomic E-state index is 12.4. The number of para-hydroxylation sites is 2. The van der Waals surface area contributed by atoms with Gasteiger partial charge in [-0.1, -0.05) is 30.4 Å². The maximum Gasteiger partial charge on any atom is 0.255 e. The van der Waals surface area contributed by atoms with Gasteiger partial charge < -0.3 is 10.0 Å². The number of hydrogen-bond acceptors (Lipinski definition) is 4. The first-order valence-electron chi connectivity index (χ1n) is 8.09. The number of amides is 1. The number of aliphatic hydroxyl groups is 1. The van der Waals surface area contributed by atoms with Crippen LogP contribution >= 0.6 is 0 Å². The van der Waals surface area contributed by atoms with Gasteiger partial charge in [-0.2, -0.15) is 0 Å². The normalized spacial score (nSPS) is 12.2. The number of benzene rings is 2. The Kier molecular flexibility index (Phi) is 4.27. The van der Waals surface area contributed by atoms with Crippen molar-refractivity contribution in [2.75, 3.05) is 14.1 Å². The van der Waals surface area contributed by atoms with Crippen molar-refractivity contribution >= 4 is 34.1 Å². The highest BCUT2D eigenvalue weighted by Crippen LogP contribution is 2.23. The minimum Gasteiger partial charge on any atom is -0.386 e. The lowest BCUT2D eigenvalue weighted by atomic mass is 10.1. The molecule has 0 unspecified atom stereocenters. The van der Waals surface area contributed by atoms with Crippen LogP contribution < -0.4 is 0 Å². The molecule has 1 heterocycles. The van der Waals surface area contributed by atoms with E-state index in [-0.39, 0.29) is 5.91 Å². The van der Waals surface area contributed by atoms with Crippen molar-refractivity contribution in [2.45, 2.75) is 19.4 Å². The maximum absolute atomic E-state index is 12.4. The standard InChI is InChI=1S/C20H21N3O2/c1-20(2,25)12-11-13-7-5-9-15-17(13)22-18-14(19(24)23(3)4)8-6-10-16(18)21-15/h5-12,25H,1-4H3/b12-11+. The quantitative estimate of drug-likeness (QED) is 0.746. The molecule has 3 rings (SSSR count). The summed E-state index contributed by atoms with van der Waals surface area (Å²) in [5.74, 6) is -0.108. The van der Waals surface area contributed by atoms with Gasteiger partial charge in [-0.3, -0.25) is 4.79 Å². The topological polar surface area (TPSA) is 66.3 Å². The van der Waals surface area contributed by atoms with Gasteiger partial charge in [0.05, 0.1) is 27.7 Å². The van der Waals surface area contributed by atoms with Gasteiger partial charge in [-0.05, 0) is 32.0 Å². The largest absolute Gasteiger partial charge is 0.386 e. The number of rotatable bonds is 3. The fourth-order valence-electron chi connectivity index (χ4n) is 2.58. The van der Waals surface area contributed by atoms with Crippen molar-refractivity contribution in [2.24, 2.45) is 0 Å².